The number of rotatable bonds is 6. The second-order valence-electron chi connectivity index (χ2n) is 9.14. The molecule has 2 aliphatic rings. The standard InChI is InChI=1S/C27H28ClNO4/c1-29(2)14-15-32-21-12-13-22-24(16-21)33-27(19-8-10-20(28)11-9-19)23(17-25(30)26(22,27)31)18-6-4-3-5-7-18/h3-13,16,23,25,30-31H,14-15,17H2,1-2H3/t23-,25+,26-,27-/m0/s1. The first-order chi connectivity index (χ1) is 15.9. The van der Waals surface area contributed by atoms with Gasteiger partial charge in [-0.3, -0.25) is 0 Å². The Kier molecular flexibility index (Phi) is 5.61. The van der Waals surface area contributed by atoms with Gasteiger partial charge in [-0.05, 0) is 55.9 Å². The Morgan fingerprint density at radius 2 is 1.79 bits per heavy atom. The van der Waals surface area contributed by atoms with E-state index in [-0.39, 0.29) is 5.92 Å². The van der Waals surface area contributed by atoms with Gasteiger partial charge in [-0.1, -0.05) is 54.1 Å². The minimum atomic E-state index is -1.63. The summed E-state index contributed by atoms with van der Waals surface area (Å²) in [4.78, 5) is 2.05. The largest absolute Gasteiger partial charge is 0.492 e. The summed E-state index contributed by atoms with van der Waals surface area (Å²) in [6.07, 6.45) is -0.649. The number of ether oxygens (including phenoxy) is 2. The van der Waals surface area contributed by atoms with Gasteiger partial charge >= 0.3 is 0 Å². The summed E-state index contributed by atoms with van der Waals surface area (Å²) in [7, 11) is 3.99. The van der Waals surface area contributed by atoms with E-state index in [1.807, 2.05) is 79.7 Å². The van der Waals surface area contributed by atoms with Crippen molar-refractivity contribution in [1.29, 1.82) is 0 Å². The van der Waals surface area contributed by atoms with Crippen LogP contribution < -0.4 is 9.47 Å². The van der Waals surface area contributed by atoms with Gasteiger partial charge in [0.25, 0.3) is 0 Å². The van der Waals surface area contributed by atoms with E-state index in [1.165, 1.54) is 0 Å². The first-order valence-corrected chi connectivity index (χ1v) is 11.6. The van der Waals surface area contributed by atoms with Crippen molar-refractivity contribution in [3.05, 3.63) is 94.5 Å². The number of halogens is 1. The second kappa shape index (κ2) is 8.33. The van der Waals surface area contributed by atoms with Crippen LogP contribution in [0.4, 0.5) is 0 Å². The third-order valence-corrected chi connectivity index (χ3v) is 7.17. The Balaban J connectivity index is 1.63. The zero-order valence-corrected chi connectivity index (χ0v) is 19.5. The number of hydrogen-bond acceptors (Lipinski definition) is 5. The zero-order valence-electron chi connectivity index (χ0n) is 18.7. The van der Waals surface area contributed by atoms with E-state index in [9.17, 15) is 10.2 Å². The minimum absolute atomic E-state index is 0.273. The third-order valence-electron chi connectivity index (χ3n) is 6.92. The Hall–Kier alpha value is -2.57. The molecule has 5 nitrogen and oxygen atoms in total. The quantitative estimate of drug-likeness (QED) is 0.568. The maximum absolute atomic E-state index is 12.2. The molecule has 0 saturated heterocycles. The van der Waals surface area contributed by atoms with Crippen LogP contribution in [0.1, 0.15) is 29.0 Å². The summed E-state index contributed by atoms with van der Waals surface area (Å²) < 4.78 is 12.6. The van der Waals surface area contributed by atoms with E-state index in [0.29, 0.717) is 35.1 Å². The Labute approximate surface area is 199 Å². The summed E-state index contributed by atoms with van der Waals surface area (Å²) in [6.45, 7) is 1.32. The van der Waals surface area contributed by atoms with Gasteiger partial charge in [-0.2, -0.15) is 0 Å². The van der Waals surface area contributed by atoms with Crippen LogP contribution in [0.2, 0.25) is 5.02 Å². The van der Waals surface area contributed by atoms with E-state index in [4.69, 9.17) is 21.1 Å². The summed E-state index contributed by atoms with van der Waals surface area (Å²) in [5, 5.41) is 24.1. The van der Waals surface area contributed by atoms with Crippen molar-refractivity contribution in [2.75, 3.05) is 27.2 Å². The molecule has 1 heterocycles. The topological polar surface area (TPSA) is 62.2 Å². The monoisotopic (exact) mass is 465 g/mol. The fourth-order valence-corrected chi connectivity index (χ4v) is 5.47. The highest BCUT2D eigenvalue weighted by molar-refractivity contribution is 6.30. The summed E-state index contributed by atoms with van der Waals surface area (Å²) >= 11 is 6.18. The molecule has 2 N–H and O–H groups in total. The second-order valence-corrected chi connectivity index (χ2v) is 9.57. The Morgan fingerprint density at radius 1 is 1.06 bits per heavy atom. The molecule has 5 rings (SSSR count). The van der Waals surface area contributed by atoms with Crippen molar-refractivity contribution in [3.63, 3.8) is 0 Å². The summed E-state index contributed by atoms with van der Waals surface area (Å²) in [6, 6.07) is 22.7. The molecule has 0 spiro atoms. The van der Waals surface area contributed by atoms with Crippen LogP contribution in [-0.4, -0.2) is 48.5 Å². The van der Waals surface area contributed by atoms with E-state index >= 15 is 0 Å². The summed E-state index contributed by atoms with van der Waals surface area (Å²) in [5.74, 6) is 0.913. The van der Waals surface area contributed by atoms with Crippen molar-refractivity contribution in [1.82, 2.24) is 4.90 Å². The molecule has 1 saturated carbocycles. The lowest BCUT2D eigenvalue weighted by Gasteiger charge is -2.40. The highest BCUT2D eigenvalue weighted by atomic mass is 35.5. The molecule has 0 radical (unpaired) electrons. The molecule has 1 aliphatic carbocycles. The molecular formula is C27H28ClNO4. The molecule has 1 fully saturated rings. The van der Waals surface area contributed by atoms with Crippen molar-refractivity contribution >= 4 is 11.6 Å². The van der Waals surface area contributed by atoms with Crippen molar-refractivity contribution < 1.29 is 19.7 Å². The molecule has 1 aliphatic heterocycles. The number of nitrogens with zero attached hydrogens (tertiary/aromatic N) is 1. The number of fused-ring (bicyclic) bond motifs is 3. The van der Waals surface area contributed by atoms with Crippen LogP contribution >= 0.6 is 11.6 Å². The molecule has 172 valence electrons. The van der Waals surface area contributed by atoms with Crippen LogP contribution in [0, 0.1) is 0 Å². The first kappa shape index (κ1) is 22.2. The predicted molar refractivity (Wildman–Crippen MR) is 128 cm³/mol. The normalized spacial score (nSPS) is 27.8. The minimum Gasteiger partial charge on any atom is -0.492 e. The Morgan fingerprint density at radius 3 is 2.48 bits per heavy atom. The van der Waals surface area contributed by atoms with Gasteiger partial charge in [-0.15, -0.1) is 0 Å². The number of aliphatic hydroxyl groups excluding tert-OH is 1. The van der Waals surface area contributed by atoms with Crippen LogP contribution in [0.25, 0.3) is 0 Å². The highest BCUT2D eigenvalue weighted by Gasteiger charge is 2.72. The van der Waals surface area contributed by atoms with Gasteiger partial charge in [0.05, 0.1) is 6.10 Å². The SMILES string of the molecule is CN(C)CCOc1ccc2c(c1)O[C@@]1(c3ccc(Cl)cc3)[C@H](c3ccccc3)C[C@@H](O)[C@@]21O. The van der Waals surface area contributed by atoms with E-state index in [0.717, 1.165) is 17.7 Å². The van der Waals surface area contributed by atoms with Gasteiger partial charge in [-0.25, -0.2) is 0 Å². The molecular weight excluding hydrogens is 438 g/mol. The molecule has 0 bridgehead atoms. The Bertz CT molecular complexity index is 1140. The molecule has 6 heteroatoms. The van der Waals surface area contributed by atoms with Crippen LogP contribution in [0.5, 0.6) is 11.5 Å². The fourth-order valence-electron chi connectivity index (χ4n) is 5.35. The van der Waals surface area contributed by atoms with Crippen LogP contribution in [0.15, 0.2) is 72.8 Å². The van der Waals surface area contributed by atoms with E-state index in [1.54, 1.807) is 12.1 Å². The lowest BCUT2D eigenvalue weighted by Crippen LogP contribution is -2.51. The smallest absolute Gasteiger partial charge is 0.176 e. The lowest BCUT2D eigenvalue weighted by molar-refractivity contribution is -0.149. The van der Waals surface area contributed by atoms with Crippen molar-refractivity contribution in [3.8, 4) is 11.5 Å². The maximum atomic E-state index is 12.2. The zero-order chi connectivity index (χ0) is 23.2. The molecule has 0 amide bonds. The summed E-state index contributed by atoms with van der Waals surface area (Å²) in [5.41, 5.74) is -0.492. The van der Waals surface area contributed by atoms with Gasteiger partial charge in [0, 0.05) is 29.1 Å². The van der Waals surface area contributed by atoms with Gasteiger partial charge in [0.2, 0.25) is 0 Å². The van der Waals surface area contributed by atoms with E-state index < -0.39 is 17.3 Å². The van der Waals surface area contributed by atoms with Crippen LogP contribution in [-0.2, 0) is 11.2 Å². The average Bonchev–Trinajstić information content (AvgIpc) is 3.20. The number of benzene rings is 3. The number of likely N-dealkylation sites (N-methyl/N-ethyl adjacent to an activating group) is 1. The van der Waals surface area contributed by atoms with Gasteiger partial charge in [0.15, 0.2) is 11.2 Å². The van der Waals surface area contributed by atoms with Crippen molar-refractivity contribution in [2.45, 2.75) is 29.6 Å². The fraction of sp³-hybridized carbons (Fsp3) is 0.333. The molecule has 3 aromatic carbocycles. The maximum Gasteiger partial charge on any atom is 0.176 e. The molecule has 33 heavy (non-hydrogen) atoms. The number of aliphatic hydroxyl groups is 2. The molecule has 0 unspecified atom stereocenters. The first-order valence-electron chi connectivity index (χ1n) is 11.2. The molecule has 3 aromatic rings. The van der Waals surface area contributed by atoms with E-state index in [2.05, 4.69) is 0 Å². The lowest BCUT2D eigenvalue weighted by atomic mass is 9.71. The predicted octanol–water partition coefficient (Wildman–Crippen LogP) is 4.30. The van der Waals surface area contributed by atoms with Gasteiger partial charge < -0.3 is 24.6 Å². The number of hydrogen-bond donors (Lipinski definition) is 2. The van der Waals surface area contributed by atoms with Gasteiger partial charge in [0.1, 0.15) is 18.1 Å². The van der Waals surface area contributed by atoms with Crippen LogP contribution in [0.3, 0.4) is 0 Å². The molecule has 0 aromatic heterocycles. The third kappa shape index (κ3) is 3.42. The molecule has 4 atom stereocenters. The average molecular weight is 466 g/mol. The highest BCUT2D eigenvalue weighted by Crippen LogP contribution is 2.66. The van der Waals surface area contributed by atoms with Crippen molar-refractivity contribution in [2.24, 2.45) is 0 Å².